The molecular weight excluding hydrogens is 377 g/mol. The number of rotatable bonds is 5. The molecule has 6 nitrogen and oxygen atoms in total. The average molecular weight is 394 g/mol. The minimum atomic E-state index is -0.386. The lowest BCUT2D eigenvalue weighted by Crippen LogP contribution is -2.36. The molecule has 0 spiro atoms. The van der Waals surface area contributed by atoms with E-state index in [0.717, 1.165) is 0 Å². The number of hydrogen-bond acceptors (Lipinski definition) is 3. The second-order valence-electron chi connectivity index (χ2n) is 5.54. The van der Waals surface area contributed by atoms with Crippen molar-refractivity contribution in [2.24, 2.45) is 0 Å². The molecule has 0 aliphatic carbocycles. The zero-order chi connectivity index (χ0) is 19.3. The molecule has 136 valence electrons. The molecule has 2 aromatic carbocycles. The third-order valence-corrected chi connectivity index (χ3v) is 3.77. The number of nitrogens with one attached hydrogen (secondary N) is 2. The van der Waals surface area contributed by atoms with Crippen LogP contribution in [0.1, 0.15) is 13.8 Å². The topological polar surface area (TPSA) is 78.5 Å². The second-order valence-corrected chi connectivity index (χ2v) is 6.41. The number of anilines is 3. The SMILES string of the molecule is CC(=O)Nc1ccc(NC(=O)CN(C(C)=O)c2cc(Cl)cc(Cl)c2)cc1. The van der Waals surface area contributed by atoms with Gasteiger partial charge in [-0.2, -0.15) is 0 Å². The van der Waals surface area contributed by atoms with E-state index in [-0.39, 0.29) is 24.3 Å². The highest BCUT2D eigenvalue weighted by molar-refractivity contribution is 6.35. The maximum atomic E-state index is 12.3. The normalized spacial score (nSPS) is 10.2. The van der Waals surface area contributed by atoms with E-state index in [2.05, 4.69) is 10.6 Å². The predicted octanol–water partition coefficient (Wildman–Crippen LogP) is 3.94. The molecule has 0 saturated carbocycles. The molecule has 0 aromatic heterocycles. The van der Waals surface area contributed by atoms with Gasteiger partial charge in [0.1, 0.15) is 6.54 Å². The fourth-order valence-corrected chi connectivity index (χ4v) is 2.78. The van der Waals surface area contributed by atoms with Crippen LogP contribution in [0.2, 0.25) is 10.0 Å². The summed E-state index contributed by atoms with van der Waals surface area (Å²) in [4.78, 5) is 36.5. The number of benzene rings is 2. The van der Waals surface area contributed by atoms with Crippen LogP contribution in [0.5, 0.6) is 0 Å². The summed E-state index contributed by atoms with van der Waals surface area (Å²) in [7, 11) is 0. The number of amides is 3. The van der Waals surface area contributed by atoms with Gasteiger partial charge in [0, 0.05) is 41.0 Å². The van der Waals surface area contributed by atoms with E-state index < -0.39 is 0 Å². The Kier molecular flexibility index (Phi) is 6.60. The Morgan fingerprint density at radius 3 is 1.85 bits per heavy atom. The van der Waals surface area contributed by atoms with Gasteiger partial charge in [-0.3, -0.25) is 14.4 Å². The lowest BCUT2D eigenvalue weighted by Gasteiger charge is -2.21. The first-order chi connectivity index (χ1) is 12.2. The number of carbonyl (C=O) groups is 3. The summed E-state index contributed by atoms with van der Waals surface area (Å²) in [6.07, 6.45) is 0. The van der Waals surface area contributed by atoms with Crippen LogP contribution >= 0.6 is 23.2 Å². The first-order valence-corrected chi connectivity index (χ1v) is 8.42. The Labute approximate surface area is 161 Å². The summed E-state index contributed by atoms with van der Waals surface area (Å²) < 4.78 is 0. The Morgan fingerprint density at radius 1 is 0.885 bits per heavy atom. The molecule has 0 heterocycles. The van der Waals surface area contributed by atoms with Gasteiger partial charge >= 0.3 is 0 Å². The molecule has 0 aliphatic heterocycles. The minimum absolute atomic E-state index is 0.181. The van der Waals surface area contributed by atoms with Gasteiger partial charge in [0.15, 0.2) is 0 Å². The monoisotopic (exact) mass is 393 g/mol. The lowest BCUT2D eigenvalue weighted by atomic mass is 10.2. The minimum Gasteiger partial charge on any atom is -0.326 e. The third kappa shape index (κ3) is 5.75. The highest BCUT2D eigenvalue weighted by Gasteiger charge is 2.17. The maximum Gasteiger partial charge on any atom is 0.244 e. The third-order valence-electron chi connectivity index (χ3n) is 3.33. The van der Waals surface area contributed by atoms with Gasteiger partial charge in [-0.15, -0.1) is 0 Å². The van der Waals surface area contributed by atoms with Gasteiger partial charge in [-0.25, -0.2) is 0 Å². The van der Waals surface area contributed by atoms with Crippen molar-refractivity contribution in [3.05, 3.63) is 52.5 Å². The Balaban J connectivity index is 2.08. The number of nitrogens with zero attached hydrogens (tertiary/aromatic N) is 1. The van der Waals surface area contributed by atoms with Crippen LogP contribution < -0.4 is 15.5 Å². The van der Waals surface area contributed by atoms with E-state index in [1.807, 2.05) is 0 Å². The van der Waals surface area contributed by atoms with Crippen molar-refractivity contribution in [2.45, 2.75) is 13.8 Å². The van der Waals surface area contributed by atoms with E-state index >= 15 is 0 Å². The van der Waals surface area contributed by atoms with Gasteiger partial charge in [0.25, 0.3) is 0 Å². The number of hydrogen-bond donors (Lipinski definition) is 2. The van der Waals surface area contributed by atoms with Gasteiger partial charge < -0.3 is 15.5 Å². The molecule has 0 bridgehead atoms. The van der Waals surface area contributed by atoms with Crippen molar-refractivity contribution >= 4 is 58.0 Å². The van der Waals surface area contributed by atoms with Crippen LogP contribution in [0.4, 0.5) is 17.1 Å². The molecule has 2 aromatic rings. The van der Waals surface area contributed by atoms with Gasteiger partial charge in [-0.1, -0.05) is 23.2 Å². The smallest absolute Gasteiger partial charge is 0.244 e. The van der Waals surface area contributed by atoms with Crippen molar-refractivity contribution in [1.82, 2.24) is 0 Å². The van der Waals surface area contributed by atoms with Crippen molar-refractivity contribution in [3.63, 3.8) is 0 Å². The fraction of sp³-hybridized carbons (Fsp3) is 0.167. The molecule has 2 rings (SSSR count). The fourth-order valence-electron chi connectivity index (χ4n) is 2.26. The summed E-state index contributed by atoms with van der Waals surface area (Å²) in [5.41, 5.74) is 1.59. The zero-order valence-electron chi connectivity index (χ0n) is 14.2. The van der Waals surface area contributed by atoms with Crippen LogP contribution in [0, 0.1) is 0 Å². The molecule has 0 fully saturated rings. The van der Waals surface area contributed by atoms with E-state index in [0.29, 0.717) is 27.1 Å². The van der Waals surface area contributed by atoms with Crippen LogP contribution in [0.15, 0.2) is 42.5 Å². The first-order valence-electron chi connectivity index (χ1n) is 7.66. The van der Waals surface area contributed by atoms with Crippen molar-refractivity contribution in [1.29, 1.82) is 0 Å². The summed E-state index contributed by atoms with van der Waals surface area (Å²) in [6, 6.07) is 11.3. The zero-order valence-corrected chi connectivity index (χ0v) is 15.7. The Morgan fingerprint density at radius 2 is 1.38 bits per heavy atom. The summed E-state index contributed by atoms with van der Waals surface area (Å²) in [6.45, 7) is 2.57. The molecule has 26 heavy (non-hydrogen) atoms. The van der Waals surface area contributed by atoms with Crippen LogP contribution in [0.3, 0.4) is 0 Å². The predicted molar refractivity (Wildman–Crippen MR) is 104 cm³/mol. The Hall–Kier alpha value is -2.57. The van der Waals surface area contributed by atoms with Crippen molar-refractivity contribution in [2.75, 3.05) is 22.1 Å². The molecule has 8 heteroatoms. The summed E-state index contributed by atoms with van der Waals surface area (Å²) in [5, 5.41) is 6.07. The number of halogens is 2. The van der Waals surface area contributed by atoms with E-state index in [1.54, 1.807) is 42.5 Å². The van der Waals surface area contributed by atoms with E-state index in [4.69, 9.17) is 23.2 Å². The molecular formula is C18H17Cl2N3O3. The van der Waals surface area contributed by atoms with Gasteiger partial charge in [0.2, 0.25) is 17.7 Å². The largest absolute Gasteiger partial charge is 0.326 e. The van der Waals surface area contributed by atoms with Gasteiger partial charge in [0.05, 0.1) is 0 Å². The molecule has 0 atom stereocenters. The Bertz CT molecular complexity index is 818. The molecule has 2 N–H and O–H groups in total. The van der Waals surface area contributed by atoms with Crippen LogP contribution in [-0.4, -0.2) is 24.3 Å². The summed E-state index contributed by atoms with van der Waals surface area (Å²) >= 11 is 11.9. The standard InChI is InChI=1S/C18H17Cl2N3O3/c1-11(24)21-15-3-5-16(6-4-15)22-18(26)10-23(12(2)25)17-8-13(19)7-14(20)9-17/h3-9H,10H2,1-2H3,(H,21,24)(H,22,26). The molecule has 0 saturated heterocycles. The van der Waals surface area contributed by atoms with Crippen LogP contribution in [-0.2, 0) is 14.4 Å². The molecule has 0 unspecified atom stereocenters. The lowest BCUT2D eigenvalue weighted by molar-refractivity contribution is -0.120. The molecule has 0 radical (unpaired) electrons. The highest BCUT2D eigenvalue weighted by atomic mass is 35.5. The second kappa shape index (κ2) is 8.69. The number of carbonyl (C=O) groups excluding carboxylic acids is 3. The summed E-state index contributed by atoms with van der Waals surface area (Å²) in [5.74, 6) is -0.887. The quantitative estimate of drug-likeness (QED) is 0.806. The highest BCUT2D eigenvalue weighted by Crippen LogP contribution is 2.25. The first kappa shape index (κ1) is 19.8. The van der Waals surface area contributed by atoms with Crippen molar-refractivity contribution < 1.29 is 14.4 Å². The average Bonchev–Trinajstić information content (AvgIpc) is 2.52. The van der Waals surface area contributed by atoms with E-state index in [9.17, 15) is 14.4 Å². The van der Waals surface area contributed by atoms with E-state index in [1.165, 1.54) is 18.7 Å². The maximum absolute atomic E-state index is 12.3. The molecule has 0 aliphatic rings. The molecule has 3 amide bonds. The van der Waals surface area contributed by atoms with Crippen molar-refractivity contribution in [3.8, 4) is 0 Å². The van der Waals surface area contributed by atoms with Gasteiger partial charge in [-0.05, 0) is 42.5 Å². The van der Waals surface area contributed by atoms with Crippen LogP contribution in [0.25, 0.3) is 0 Å².